The Labute approximate surface area is 218 Å². The average molecular weight is 592 g/mol. The molecule has 0 saturated heterocycles. The number of hydrogen-bond donors (Lipinski definition) is 1. The first kappa shape index (κ1) is 24.1. The zero-order valence-electron chi connectivity index (χ0n) is 19.8. The number of carbonyl (C=O) groups is 1. The van der Waals surface area contributed by atoms with E-state index in [4.69, 9.17) is 9.47 Å². The van der Waals surface area contributed by atoms with Crippen LogP contribution in [-0.4, -0.2) is 41.1 Å². The molecule has 3 aromatic rings. The number of ether oxygens (including phenoxy) is 2. The molecule has 1 amide bonds. The Morgan fingerprint density at radius 1 is 1.28 bits per heavy atom. The molecule has 0 saturated carbocycles. The van der Waals surface area contributed by atoms with Gasteiger partial charge in [-0.05, 0) is 0 Å². The predicted octanol–water partition coefficient (Wildman–Crippen LogP) is -1.21. The molecule has 2 aromatic heterocycles. The molecule has 0 fully saturated rings. The number of nitriles is 1. The standard InChI is InChI=1S/C27H23IN5O3/c1-27(15-29)16-36-14-19-4-3-18(7-22(19)27)26(34)32-10-17-5-20-6-21(11-31-23(20)9-28-8-17)24-12-30-13-25(33-24)35-2/h3-9,11-13H,10,14,16H2,1-2H3,(H,32,34)/q-1/t27-/m1/s1. The summed E-state index contributed by atoms with van der Waals surface area (Å²) in [6.45, 7) is 3.01. The van der Waals surface area contributed by atoms with Crippen LogP contribution in [0, 0.1) is 11.3 Å². The summed E-state index contributed by atoms with van der Waals surface area (Å²) in [6.07, 6.45) is 7.09. The summed E-state index contributed by atoms with van der Waals surface area (Å²) in [4.78, 5) is 26.3. The molecule has 36 heavy (non-hydrogen) atoms. The molecule has 2 aliphatic heterocycles. The number of amides is 1. The van der Waals surface area contributed by atoms with E-state index in [2.05, 4.69) is 40.6 Å². The van der Waals surface area contributed by atoms with Crippen molar-refractivity contribution in [3.63, 3.8) is 0 Å². The monoisotopic (exact) mass is 592 g/mol. The number of fused-ring (bicyclic) bond motifs is 2. The third-order valence-corrected chi connectivity index (χ3v) is 8.20. The Kier molecular flexibility index (Phi) is 6.80. The van der Waals surface area contributed by atoms with Crippen LogP contribution in [0.1, 0.15) is 28.4 Å². The summed E-state index contributed by atoms with van der Waals surface area (Å²) < 4.78 is 15.1. The van der Waals surface area contributed by atoms with Gasteiger partial charge in [0.2, 0.25) is 0 Å². The van der Waals surface area contributed by atoms with Gasteiger partial charge >= 0.3 is 219 Å². The van der Waals surface area contributed by atoms with E-state index in [1.165, 1.54) is 0 Å². The van der Waals surface area contributed by atoms with Crippen molar-refractivity contribution in [1.29, 1.82) is 5.26 Å². The van der Waals surface area contributed by atoms with Gasteiger partial charge in [0.15, 0.2) is 0 Å². The fourth-order valence-corrected chi connectivity index (χ4v) is 6.00. The Morgan fingerprint density at radius 2 is 2.17 bits per heavy atom. The van der Waals surface area contributed by atoms with Gasteiger partial charge in [-0.1, -0.05) is 0 Å². The maximum atomic E-state index is 13.0. The summed E-state index contributed by atoms with van der Waals surface area (Å²) in [5, 5.41) is 14.6. The molecule has 0 unspecified atom stereocenters. The molecule has 1 N–H and O–H groups in total. The minimum absolute atomic E-state index is 0.177. The van der Waals surface area contributed by atoms with E-state index in [0.29, 0.717) is 36.9 Å². The van der Waals surface area contributed by atoms with Gasteiger partial charge in [0, 0.05) is 0 Å². The van der Waals surface area contributed by atoms with Crippen molar-refractivity contribution in [2.75, 3.05) is 20.3 Å². The van der Waals surface area contributed by atoms with E-state index in [-0.39, 0.29) is 27.1 Å². The zero-order valence-corrected chi connectivity index (χ0v) is 21.9. The number of halogens is 1. The molecular weight excluding hydrogens is 569 g/mol. The van der Waals surface area contributed by atoms with Gasteiger partial charge < -0.3 is 0 Å². The first-order chi connectivity index (χ1) is 17.5. The molecule has 0 aliphatic carbocycles. The zero-order chi connectivity index (χ0) is 25.1. The van der Waals surface area contributed by atoms with Crippen LogP contribution in [0.3, 0.4) is 0 Å². The van der Waals surface area contributed by atoms with E-state index in [1.807, 2.05) is 25.1 Å². The fourth-order valence-electron chi connectivity index (χ4n) is 4.09. The second kappa shape index (κ2) is 10.2. The van der Waals surface area contributed by atoms with E-state index in [1.54, 1.807) is 31.8 Å². The van der Waals surface area contributed by atoms with Crippen LogP contribution < -0.4 is 41.8 Å². The quantitative estimate of drug-likeness (QED) is 0.371. The summed E-state index contributed by atoms with van der Waals surface area (Å²) in [7, 11) is 1.56. The van der Waals surface area contributed by atoms with E-state index in [9.17, 15) is 10.1 Å². The van der Waals surface area contributed by atoms with E-state index >= 15 is 0 Å². The summed E-state index contributed by atoms with van der Waals surface area (Å²) in [5.41, 5.74) is 4.12. The first-order valence-corrected chi connectivity index (χ1v) is 13.7. The van der Waals surface area contributed by atoms with E-state index < -0.39 is 5.41 Å². The molecule has 8 nitrogen and oxygen atoms in total. The van der Waals surface area contributed by atoms with Crippen molar-refractivity contribution in [2.24, 2.45) is 0 Å². The number of rotatable bonds is 5. The maximum absolute atomic E-state index is 13.0. The number of nitrogens with one attached hydrogen (secondary N) is 1. The fraction of sp³-hybridized carbons (Fsp3) is 0.222. The van der Waals surface area contributed by atoms with Crippen molar-refractivity contribution in [3.8, 4) is 23.2 Å². The molecule has 0 spiro atoms. The molecule has 1 atom stereocenters. The number of aromatic nitrogens is 3. The topological polar surface area (TPSA) is 110 Å². The molecule has 4 heterocycles. The molecule has 182 valence electrons. The van der Waals surface area contributed by atoms with Gasteiger partial charge in [0.1, 0.15) is 0 Å². The van der Waals surface area contributed by atoms with Crippen LogP contribution in [0.2, 0.25) is 0 Å². The molecular formula is C27H23IN5O3-. The first-order valence-electron chi connectivity index (χ1n) is 11.2. The second-order valence-electron chi connectivity index (χ2n) is 8.70. The normalized spacial score (nSPS) is 18.4. The van der Waals surface area contributed by atoms with Crippen LogP contribution in [-0.2, 0) is 16.8 Å². The third kappa shape index (κ3) is 4.87. The number of pyridine rings is 1. The summed E-state index contributed by atoms with van der Waals surface area (Å²) in [5.74, 6) is 0.265. The van der Waals surface area contributed by atoms with Gasteiger partial charge in [-0.3, -0.25) is 0 Å². The Balaban J connectivity index is 1.36. The van der Waals surface area contributed by atoms with Crippen LogP contribution in [0.4, 0.5) is 0 Å². The number of hydrogen-bond acceptors (Lipinski definition) is 7. The second-order valence-corrected chi connectivity index (χ2v) is 10.7. The van der Waals surface area contributed by atoms with Crippen molar-refractivity contribution >= 4 is 16.1 Å². The third-order valence-electron chi connectivity index (χ3n) is 6.09. The van der Waals surface area contributed by atoms with Crippen molar-refractivity contribution in [1.82, 2.24) is 20.3 Å². The van der Waals surface area contributed by atoms with Crippen LogP contribution >= 0.6 is 0 Å². The van der Waals surface area contributed by atoms with Gasteiger partial charge in [-0.15, -0.1) is 0 Å². The Hall–Kier alpha value is -3.62. The summed E-state index contributed by atoms with van der Waals surface area (Å²) in [6, 6.07) is 9.85. The molecule has 9 heteroatoms. The molecule has 0 bridgehead atoms. The van der Waals surface area contributed by atoms with Gasteiger partial charge in [-0.25, -0.2) is 0 Å². The van der Waals surface area contributed by atoms with Gasteiger partial charge in [-0.2, -0.15) is 0 Å². The number of carbonyl (C=O) groups excluding carboxylic acids is 1. The SMILES string of the molecule is COc1cncc(-c2cnc3c(c2)=CC(CNC(=O)c2ccc4c(c2)[C@](C)(C#N)COC4)=C[I-]C=3)n1. The number of methoxy groups -OCH3 is 1. The Bertz CT molecular complexity index is 1550. The van der Waals surface area contributed by atoms with Crippen LogP contribution in [0.5, 0.6) is 5.88 Å². The van der Waals surface area contributed by atoms with E-state index in [0.717, 1.165) is 32.8 Å². The van der Waals surface area contributed by atoms with Crippen molar-refractivity contribution < 1.29 is 35.5 Å². The number of nitrogens with zero attached hydrogens (tertiary/aromatic N) is 4. The predicted molar refractivity (Wildman–Crippen MR) is 129 cm³/mol. The molecule has 1 aromatic carbocycles. The van der Waals surface area contributed by atoms with Crippen LogP contribution in [0.15, 0.2) is 52.5 Å². The average Bonchev–Trinajstić information content (AvgIpc) is 3.13. The van der Waals surface area contributed by atoms with Crippen LogP contribution in [0.25, 0.3) is 21.4 Å². The van der Waals surface area contributed by atoms with Gasteiger partial charge in [0.05, 0.1) is 0 Å². The molecule has 0 radical (unpaired) electrons. The van der Waals surface area contributed by atoms with Crippen molar-refractivity contribution in [2.45, 2.75) is 18.9 Å². The van der Waals surface area contributed by atoms with Crippen molar-refractivity contribution in [3.05, 3.63) is 79.8 Å². The molecule has 5 rings (SSSR count). The number of benzene rings is 1. The summed E-state index contributed by atoms with van der Waals surface area (Å²) >= 11 is -0.355. The molecule has 2 aliphatic rings. The van der Waals surface area contributed by atoms with Gasteiger partial charge in [0.25, 0.3) is 0 Å². The minimum atomic E-state index is -0.761. The Morgan fingerprint density at radius 3 is 3.00 bits per heavy atom.